The van der Waals surface area contributed by atoms with Gasteiger partial charge in [-0.2, -0.15) is 0 Å². The molecule has 2 heterocycles. The predicted molar refractivity (Wildman–Crippen MR) is 78.7 cm³/mol. The van der Waals surface area contributed by atoms with Gasteiger partial charge in [-0.05, 0) is 55.8 Å². The van der Waals surface area contributed by atoms with Crippen LogP contribution in [0.15, 0.2) is 16.5 Å². The van der Waals surface area contributed by atoms with Crippen LogP contribution in [0.1, 0.15) is 51.6 Å². The van der Waals surface area contributed by atoms with Gasteiger partial charge in [-0.15, -0.1) is 0 Å². The van der Waals surface area contributed by atoms with E-state index in [1.54, 1.807) is 0 Å². The molecular formula is C16H28N2O. The fourth-order valence-corrected chi connectivity index (χ4v) is 3.02. The molecule has 1 aliphatic heterocycles. The van der Waals surface area contributed by atoms with E-state index in [-0.39, 0.29) is 0 Å². The molecular weight excluding hydrogens is 236 g/mol. The lowest BCUT2D eigenvalue weighted by atomic mass is 9.77. The first-order valence-corrected chi connectivity index (χ1v) is 7.49. The van der Waals surface area contributed by atoms with Gasteiger partial charge in [0.05, 0.1) is 13.1 Å². The Hall–Kier alpha value is -0.800. The second-order valence-corrected chi connectivity index (χ2v) is 6.84. The van der Waals surface area contributed by atoms with E-state index in [0.29, 0.717) is 12.0 Å². The van der Waals surface area contributed by atoms with Gasteiger partial charge in [0, 0.05) is 0 Å². The maximum atomic E-state index is 5.70. The molecule has 0 saturated carbocycles. The van der Waals surface area contributed by atoms with E-state index < -0.39 is 0 Å². The van der Waals surface area contributed by atoms with Crippen molar-refractivity contribution in [2.75, 3.05) is 13.1 Å². The zero-order chi connectivity index (χ0) is 13.9. The second kappa shape index (κ2) is 6.10. The van der Waals surface area contributed by atoms with Crippen LogP contribution in [0, 0.1) is 11.3 Å². The van der Waals surface area contributed by atoms with Crippen molar-refractivity contribution in [1.29, 1.82) is 0 Å². The molecule has 3 nitrogen and oxygen atoms in total. The van der Waals surface area contributed by atoms with Crippen LogP contribution in [0.25, 0.3) is 0 Å². The van der Waals surface area contributed by atoms with Crippen LogP contribution in [-0.2, 0) is 13.1 Å². The highest BCUT2D eigenvalue weighted by atomic mass is 16.3. The number of nitrogens with zero attached hydrogens (tertiary/aromatic N) is 1. The van der Waals surface area contributed by atoms with Gasteiger partial charge >= 0.3 is 0 Å². The summed E-state index contributed by atoms with van der Waals surface area (Å²) >= 11 is 0. The molecule has 0 bridgehead atoms. The first kappa shape index (κ1) is 14.6. The molecule has 1 atom stereocenters. The molecule has 0 radical (unpaired) electrons. The number of rotatable bonds is 3. The highest BCUT2D eigenvalue weighted by Gasteiger charge is 2.27. The second-order valence-electron chi connectivity index (χ2n) is 6.84. The maximum Gasteiger partial charge on any atom is 0.118 e. The van der Waals surface area contributed by atoms with Crippen LogP contribution in [0.5, 0.6) is 0 Å². The summed E-state index contributed by atoms with van der Waals surface area (Å²) < 4.78 is 5.70. The first-order valence-electron chi connectivity index (χ1n) is 7.49. The summed E-state index contributed by atoms with van der Waals surface area (Å²) in [6, 6.07) is 4.05. The summed E-state index contributed by atoms with van der Waals surface area (Å²) in [4.78, 5) is 2.52. The predicted octanol–water partition coefficient (Wildman–Crippen LogP) is 3.39. The highest BCUT2D eigenvalue weighted by molar-refractivity contribution is 5.06. The van der Waals surface area contributed by atoms with Crippen LogP contribution in [0.2, 0.25) is 0 Å². The van der Waals surface area contributed by atoms with Crippen molar-refractivity contribution in [3.05, 3.63) is 23.7 Å². The third-order valence-corrected chi connectivity index (χ3v) is 4.34. The standard InChI is InChI=1S/C16H28N2O/c1-16(2,3)13-5-4-9-18(10-8-13)12-15-7-6-14(11-17)19-15/h6-7,13H,4-5,8-12,17H2,1-3H3. The van der Waals surface area contributed by atoms with Crippen molar-refractivity contribution in [2.45, 2.75) is 53.1 Å². The number of hydrogen-bond donors (Lipinski definition) is 1. The topological polar surface area (TPSA) is 42.4 Å². The zero-order valence-electron chi connectivity index (χ0n) is 12.6. The Labute approximate surface area is 117 Å². The number of likely N-dealkylation sites (tertiary alicyclic amines) is 1. The zero-order valence-corrected chi connectivity index (χ0v) is 12.6. The molecule has 1 aliphatic rings. The van der Waals surface area contributed by atoms with Gasteiger partial charge in [0.15, 0.2) is 0 Å². The van der Waals surface area contributed by atoms with Gasteiger partial charge in [0.25, 0.3) is 0 Å². The SMILES string of the molecule is CC(C)(C)C1CCCN(Cc2ccc(CN)o2)CC1. The van der Waals surface area contributed by atoms with Crippen molar-refractivity contribution in [2.24, 2.45) is 17.1 Å². The Morgan fingerprint density at radius 3 is 2.58 bits per heavy atom. The van der Waals surface area contributed by atoms with Crippen LogP contribution < -0.4 is 5.73 Å². The molecule has 2 rings (SSSR count). The summed E-state index contributed by atoms with van der Waals surface area (Å²) in [5.41, 5.74) is 6.02. The van der Waals surface area contributed by atoms with E-state index in [2.05, 4.69) is 31.7 Å². The molecule has 0 spiro atoms. The van der Waals surface area contributed by atoms with Gasteiger partial charge in [-0.25, -0.2) is 0 Å². The third-order valence-electron chi connectivity index (χ3n) is 4.34. The monoisotopic (exact) mass is 264 g/mol. The van der Waals surface area contributed by atoms with E-state index in [1.165, 1.54) is 32.4 Å². The number of nitrogens with two attached hydrogens (primary N) is 1. The van der Waals surface area contributed by atoms with Crippen LogP contribution in [-0.4, -0.2) is 18.0 Å². The lowest BCUT2D eigenvalue weighted by molar-refractivity contribution is 0.202. The van der Waals surface area contributed by atoms with Gasteiger partial charge < -0.3 is 10.2 Å². The minimum absolute atomic E-state index is 0.438. The van der Waals surface area contributed by atoms with Crippen LogP contribution in [0.3, 0.4) is 0 Å². The van der Waals surface area contributed by atoms with Crippen molar-refractivity contribution in [3.63, 3.8) is 0 Å². The average Bonchev–Trinajstić information content (AvgIpc) is 2.65. The lowest BCUT2D eigenvalue weighted by Crippen LogP contribution is -2.25. The largest absolute Gasteiger partial charge is 0.463 e. The Bertz CT molecular complexity index is 392. The molecule has 0 aromatic carbocycles. The molecule has 1 saturated heterocycles. The molecule has 1 aromatic rings. The lowest BCUT2D eigenvalue weighted by Gasteiger charge is -2.29. The van der Waals surface area contributed by atoms with Gasteiger partial charge in [0.1, 0.15) is 11.5 Å². The minimum atomic E-state index is 0.438. The van der Waals surface area contributed by atoms with E-state index >= 15 is 0 Å². The van der Waals surface area contributed by atoms with Gasteiger partial charge in [0.2, 0.25) is 0 Å². The van der Waals surface area contributed by atoms with E-state index in [9.17, 15) is 0 Å². The minimum Gasteiger partial charge on any atom is -0.463 e. The molecule has 1 unspecified atom stereocenters. The van der Waals surface area contributed by atoms with E-state index in [4.69, 9.17) is 10.2 Å². The van der Waals surface area contributed by atoms with E-state index in [0.717, 1.165) is 24.0 Å². The van der Waals surface area contributed by atoms with Crippen LogP contribution in [0.4, 0.5) is 0 Å². The number of hydrogen-bond acceptors (Lipinski definition) is 3. The first-order chi connectivity index (χ1) is 8.99. The molecule has 1 aromatic heterocycles. The summed E-state index contributed by atoms with van der Waals surface area (Å²) in [5, 5.41) is 0. The average molecular weight is 264 g/mol. The quantitative estimate of drug-likeness (QED) is 0.910. The molecule has 2 N–H and O–H groups in total. The molecule has 3 heteroatoms. The van der Waals surface area contributed by atoms with Crippen molar-refractivity contribution in [3.8, 4) is 0 Å². The van der Waals surface area contributed by atoms with Crippen LogP contribution >= 0.6 is 0 Å². The molecule has 0 amide bonds. The summed E-state index contributed by atoms with van der Waals surface area (Å²) in [6.07, 6.45) is 3.95. The molecule has 1 fully saturated rings. The van der Waals surface area contributed by atoms with Crippen molar-refractivity contribution < 1.29 is 4.42 Å². The number of furan rings is 1. The smallest absolute Gasteiger partial charge is 0.118 e. The van der Waals surface area contributed by atoms with Crippen molar-refractivity contribution >= 4 is 0 Å². The normalized spacial score (nSPS) is 22.4. The fraction of sp³-hybridized carbons (Fsp3) is 0.750. The Balaban J connectivity index is 1.89. The Morgan fingerprint density at radius 1 is 1.21 bits per heavy atom. The Kier molecular flexibility index (Phi) is 4.69. The third kappa shape index (κ3) is 4.08. The van der Waals surface area contributed by atoms with Gasteiger partial charge in [-0.1, -0.05) is 20.8 Å². The summed E-state index contributed by atoms with van der Waals surface area (Å²) in [6.45, 7) is 10.9. The fourth-order valence-electron chi connectivity index (χ4n) is 3.02. The summed E-state index contributed by atoms with van der Waals surface area (Å²) in [5.74, 6) is 2.78. The molecule has 0 aliphatic carbocycles. The van der Waals surface area contributed by atoms with Crippen molar-refractivity contribution in [1.82, 2.24) is 4.90 Å². The van der Waals surface area contributed by atoms with Gasteiger partial charge in [-0.3, -0.25) is 4.90 Å². The Morgan fingerprint density at radius 2 is 1.95 bits per heavy atom. The molecule has 19 heavy (non-hydrogen) atoms. The summed E-state index contributed by atoms with van der Waals surface area (Å²) in [7, 11) is 0. The highest BCUT2D eigenvalue weighted by Crippen LogP contribution is 2.34. The van der Waals surface area contributed by atoms with E-state index in [1.807, 2.05) is 6.07 Å². The molecule has 108 valence electrons. The maximum absolute atomic E-state index is 5.70.